The van der Waals surface area contributed by atoms with E-state index in [1.54, 1.807) is 0 Å². The van der Waals surface area contributed by atoms with E-state index in [-0.39, 0.29) is 16.9 Å². The van der Waals surface area contributed by atoms with Crippen molar-refractivity contribution in [3.63, 3.8) is 0 Å². The molecule has 1 atom stereocenters. The molecule has 0 unspecified atom stereocenters. The Morgan fingerprint density at radius 1 is 0.962 bits per heavy atom. The van der Waals surface area contributed by atoms with Gasteiger partial charge in [0.25, 0.3) is 0 Å². The first-order valence-electron chi connectivity index (χ1n) is 9.88. The molecule has 138 valence electrons. The Morgan fingerprint density at radius 2 is 1.62 bits per heavy atom. The van der Waals surface area contributed by atoms with Crippen molar-refractivity contribution in [2.24, 2.45) is 0 Å². The maximum Gasteiger partial charge on any atom is 0.227 e. The second-order valence-electron chi connectivity index (χ2n) is 8.39. The number of para-hydroxylation sites is 1. The van der Waals surface area contributed by atoms with Gasteiger partial charge in [0.2, 0.25) is 5.91 Å². The largest absolute Gasteiger partial charge is 0.307 e. The van der Waals surface area contributed by atoms with Crippen molar-refractivity contribution in [2.45, 2.75) is 70.8 Å². The van der Waals surface area contributed by atoms with Crippen LogP contribution in [-0.2, 0) is 10.2 Å². The van der Waals surface area contributed by atoms with Crippen LogP contribution in [0.5, 0.6) is 0 Å². The van der Waals surface area contributed by atoms with Gasteiger partial charge in [0.05, 0.1) is 0 Å². The molecular formula is C24H31NO. The fourth-order valence-corrected chi connectivity index (χ4v) is 4.67. The van der Waals surface area contributed by atoms with Crippen molar-refractivity contribution in [3.8, 4) is 0 Å². The fourth-order valence-electron chi connectivity index (χ4n) is 4.67. The molecule has 3 rings (SSSR count). The highest BCUT2D eigenvalue weighted by molar-refractivity contribution is 5.96. The van der Waals surface area contributed by atoms with Gasteiger partial charge in [-0.3, -0.25) is 4.79 Å². The Bertz CT molecular complexity index is 765. The number of hydrogen-bond acceptors (Lipinski definition) is 1. The van der Waals surface area contributed by atoms with Gasteiger partial charge < -0.3 is 4.90 Å². The van der Waals surface area contributed by atoms with E-state index in [0.29, 0.717) is 6.42 Å². The van der Waals surface area contributed by atoms with E-state index in [9.17, 15) is 4.79 Å². The quantitative estimate of drug-likeness (QED) is 0.598. The summed E-state index contributed by atoms with van der Waals surface area (Å²) in [4.78, 5) is 15.2. The predicted octanol–water partition coefficient (Wildman–Crippen LogP) is 6.09. The molecule has 0 fully saturated rings. The molecule has 2 nitrogen and oxygen atoms in total. The lowest BCUT2D eigenvalue weighted by molar-refractivity contribution is -0.120. The Kier molecular flexibility index (Phi) is 5.22. The Balaban J connectivity index is 2.06. The van der Waals surface area contributed by atoms with Gasteiger partial charge in [-0.15, -0.1) is 0 Å². The summed E-state index contributed by atoms with van der Waals surface area (Å²) in [5, 5.41) is 0. The molecule has 0 bridgehead atoms. The van der Waals surface area contributed by atoms with Gasteiger partial charge in [-0.05, 0) is 43.9 Å². The third-order valence-electron chi connectivity index (χ3n) is 5.79. The number of carbonyl (C=O) groups is 1. The van der Waals surface area contributed by atoms with Crippen molar-refractivity contribution in [3.05, 3.63) is 65.7 Å². The van der Waals surface area contributed by atoms with Gasteiger partial charge in [0, 0.05) is 23.1 Å². The molecule has 1 aliphatic heterocycles. The van der Waals surface area contributed by atoms with Crippen LogP contribution < -0.4 is 4.90 Å². The van der Waals surface area contributed by atoms with Gasteiger partial charge in [-0.2, -0.15) is 0 Å². The van der Waals surface area contributed by atoms with Crippen LogP contribution in [0.4, 0.5) is 5.69 Å². The van der Waals surface area contributed by atoms with E-state index >= 15 is 0 Å². The maximum absolute atomic E-state index is 13.1. The Labute approximate surface area is 158 Å². The molecular weight excluding hydrogens is 318 g/mol. The summed E-state index contributed by atoms with van der Waals surface area (Å²) in [7, 11) is 0. The minimum absolute atomic E-state index is 0.0957. The van der Waals surface area contributed by atoms with Crippen molar-refractivity contribution in [1.29, 1.82) is 0 Å². The number of carbonyl (C=O) groups excluding carboxylic acids is 1. The monoisotopic (exact) mass is 349 g/mol. The SMILES string of the molecule is CCCCCC(=O)N1c2ccccc2[C@@](C)(c2ccccc2)CC1(C)C. The normalized spacial score (nSPS) is 21.3. The van der Waals surface area contributed by atoms with E-state index in [4.69, 9.17) is 0 Å². The highest BCUT2D eigenvalue weighted by Crippen LogP contribution is 2.50. The molecule has 26 heavy (non-hydrogen) atoms. The zero-order valence-electron chi connectivity index (χ0n) is 16.6. The summed E-state index contributed by atoms with van der Waals surface area (Å²) in [5.74, 6) is 0.256. The minimum atomic E-state index is -0.220. The summed E-state index contributed by atoms with van der Waals surface area (Å²) in [6.07, 6.45) is 4.77. The molecule has 1 aliphatic rings. The molecule has 2 aromatic carbocycles. The van der Waals surface area contributed by atoms with E-state index in [0.717, 1.165) is 31.4 Å². The summed E-state index contributed by atoms with van der Waals surface area (Å²) >= 11 is 0. The average Bonchev–Trinajstić information content (AvgIpc) is 2.62. The lowest BCUT2D eigenvalue weighted by Gasteiger charge is -2.51. The lowest BCUT2D eigenvalue weighted by atomic mass is 9.65. The predicted molar refractivity (Wildman–Crippen MR) is 110 cm³/mol. The first-order valence-corrected chi connectivity index (χ1v) is 9.88. The molecule has 0 aliphatic carbocycles. The molecule has 1 heterocycles. The molecule has 2 heteroatoms. The zero-order chi connectivity index (χ0) is 18.8. The summed E-state index contributed by atoms with van der Waals surface area (Å²) < 4.78 is 0. The number of anilines is 1. The van der Waals surface area contributed by atoms with E-state index in [1.165, 1.54) is 11.1 Å². The average molecular weight is 350 g/mol. The number of benzene rings is 2. The van der Waals surface area contributed by atoms with Gasteiger partial charge in [-0.1, -0.05) is 75.2 Å². The minimum Gasteiger partial charge on any atom is -0.307 e. The van der Waals surface area contributed by atoms with Gasteiger partial charge >= 0.3 is 0 Å². The van der Waals surface area contributed by atoms with E-state index in [2.05, 4.69) is 87.2 Å². The Morgan fingerprint density at radius 3 is 2.31 bits per heavy atom. The molecule has 0 spiro atoms. The van der Waals surface area contributed by atoms with Crippen LogP contribution >= 0.6 is 0 Å². The second kappa shape index (κ2) is 7.26. The summed E-state index contributed by atoms with van der Waals surface area (Å²) in [6, 6.07) is 19.2. The van der Waals surface area contributed by atoms with Crippen molar-refractivity contribution in [1.82, 2.24) is 0 Å². The third kappa shape index (κ3) is 3.30. The van der Waals surface area contributed by atoms with Crippen LogP contribution in [0.15, 0.2) is 54.6 Å². The number of fused-ring (bicyclic) bond motifs is 1. The van der Waals surface area contributed by atoms with Crippen molar-refractivity contribution < 1.29 is 4.79 Å². The number of amides is 1. The smallest absolute Gasteiger partial charge is 0.227 e. The van der Waals surface area contributed by atoms with Crippen LogP contribution in [0.3, 0.4) is 0 Å². The van der Waals surface area contributed by atoms with Crippen LogP contribution in [0.1, 0.15) is 70.9 Å². The van der Waals surface area contributed by atoms with Gasteiger partial charge in [-0.25, -0.2) is 0 Å². The highest BCUT2D eigenvalue weighted by atomic mass is 16.2. The summed E-state index contributed by atoms with van der Waals surface area (Å²) in [5.41, 5.74) is 3.34. The maximum atomic E-state index is 13.1. The molecule has 0 N–H and O–H groups in total. The first-order chi connectivity index (χ1) is 12.4. The van der Waals surface area contributed by atoms with Crippen LogP contribution in [0.2, 0.25) is 0 Å². The second-order valence-corrected chi connectivity index (χ2v) is 8.39. The van der Waals surface area contributed by atoms with E-state index < -0.39 is 0 Å². The summed E-state index contributed by atoms with van der Waals surface area (Å²) in [6.45, 7) is 8.92. The van der Waals surface area contributed by atoms with Crippen molar-refractivity contribution in [2.75, 3.05) is 4.90 Å². The molecule has 1 amide bonds. The topological polar surface area (TPSA) is 20.3 Å². The van der Waals surface area contributed by atoms with Crippen LogP contribution in [0.25, 0.3) is 0 Å². The van der Waals surface area contributed by atoms with E-state index in [1.807, 2.05) is 0 Å². The molecule has 0 aromatic heterocycles. The Hall–Kier alpha value is -2.09. The van der Waals surface area contributed by atoms with Crippen LogP contribution in [0, 0.1) is 0 Å². The van der Waals surface area contributed by atoms with Gasteiger partial charge in [0.15, 0.2) is 0 Å². The van der Waals surface area contributed by atoms with Gasteiger partial charge in [0.1, 0.15) is 0 Å². The molecule has 0 saturated heterocycles. The standard InChI is InChI=1S/C24H31NO/c1-5-6-8-17-22(26)25-21-16-12-11-15-20(21)24(4,18-23(25,2)3)19-13-9-7-10-14-19/h7,9-16H,5-6,8,17-18H2,1-4H3/t24-/m1/s1. The van der Waals surface area contributed by atoms with Crippen molar-refractivity contribution >= 4 is 11.6 Å². The number of nitrogens with zero attached hydrogens (tertiary/aromatic N) is 1. The zero-order valence-corrected chi connectivity index (χ0v) is 16.6. The first kappa shape index (κ1) is 18.7. The molecule has 0 saturated carbocycles. The molecule has 0 radical (unpaired) electrons. The highest BCUT2D eigenvalue weighted by Gasteiger charge is 2.47. The number of unbranched alkanes of at least 4 members (excludes halogenated alkanes) is 2. The van der Waals surface area contributed by atoms with Crippen LogP contribution in [-0.4, -0.2) is 11.4 Å². The third-order valence-corrected chi connectivity index (χ3v) is 5.79. The fraction of sp³-hybridized carbons (Fsp3) is 0.458. The molecule has 2 aromatic rings. The lowest BCUT2D eigenvalue weighted by Crippen LogP contribution is -2.55. The number of hydrogen-bond donors (Lipinski definition) is 0. The number of rotatable bonds is 5.